The second-order valence-electron chi connectivity index (χ2n) is 7.76. The molecule has 0 radical (unpaired) electrons. The van der Waals surface area contributed by atoms with Gasteiger partial charge in [-0.25, -0.2) is 0 Å². The first-order chi connectivity index (χ1) is 14.9. The molecule has 0 saturated carbocycles. The second kappa shape index (κ2) is 5.74. The number of rotatable bonds is 1. The summed E-state index contributed by atoms with van der Waals surface area (Å²) < 4.78 is 12.5. The maximum Gasteiger partial charge on any atom is 0.143 e. The Morgan fingerprint density at radius 2 is 1.30 bits per heavy atom. The molecule has 0 bridgehead atoms. The number of furan rings is 1. The Kier molecular flexibility index (Phi) is 3.03. The maximum absolute atomic E-state index is 6.31. The largest absolute Gasteiger partial charge is 0.456 e. The molecular formula is C28H16O2. The first-order valence-electron chi connectivity index (χ1n) is 10.1. The number of para-hydroxylation sites is 3. The van der Waals surface area contributed by atoms with E-state index < -0.39 is 0 Å². The van der Waals surface area contributed by atoms with Gasteiger partial charge in [0, 0.05) is 27.3 Å². The molecule has 2 heterocycles. The molecule has 2 nitrogen and oxygen atoms in total. The quantitative estimate of drug-likeness (QED) is 0.285. The fourth-order valence-corrected chi connectivity index (χ4v) is 4.72. The van der Waals surface area contributed by atoms with Crippen LogP contribution in [0.5, 0.6) is 11.5 Å². The van der Waals surface area contributed by atoms with Crippen molar-refractivity contribution in [2.75, 3.05) is 0 Å². The van der Waals surface area contributed by atoms with Crippen molar-refractivity contribution >= 4 is 32.7 Å². The fraction of sp³-hybridized carbons (Fsp3) is 0. The van der Waals surface area contributed by atoms with E-state index >= 15 is 0 Å². The number of hydrogen-bond donors (Lipinski definition) is 0. The van der Waals surface area contributed by atoms with E-state index in [9.17, 15) is 0 Å². The molecule has 140 valence electrons. The van der Waals surface area contributed by atoms with Crippen molar-refractivity contribution in [1.29, 1.82) is 0 Å². The van der Waals surface area contributed by atoms with Gasteiger partial charge in [0.15, 0.2) is 0 Å². The van der Waals surface area contributed by atoms with E-state index in [2.05, 4.69) is 66.7 Å². The van der Waals surface area contributed by atoms with Crippen LogP contribution in [0.2, 0.25) is 0 Å². The Labute approximate surface area is 172 Å². The van der Waals surface area contributed by atoms with Gasteiger partial charge in [0.25, 0.3) is 0 Å². The molecule has 0 amide bonds. The lowest BCUT2D eigenvalue weighted by Crippen LogP contribution is -1.97. The Balaban J connectivity index is 1.58. The molecule has 1 aliphatic heterocycles. The third-order valence-electron chi connectivity index (χ3n) is 6.05. The average Bonchev–Trinajstić information content (AvgIpc) is 3.18. The van der Waals surface area contributed by atoms with Crippen LogP contribution >= 0.6 is 0 Å². The molecule has 0 saturated heterocycles. The van der Waals surface area contributed by atoms with Gasteiger partial charge in [0.2, 0.25) is 0 Å². The topological polar surface area (TPSA) is 22.4 Å². The maximum atomic E-state index is 6.31. The first kappa shape index (κ1) is 15.8. The van der Waals surface area contributed by atoms with Crippen LogP contribution in [-0.4, -0.2) is 0 Å². The highest BCUT2D eigenvalue weighted by atomic mass is 16.5. The summed E-state index contributed by atoms with van der Waals surface area (Å²) in [5, 5.41) is 4.63. The Morgan fingerprint density at radius 3 is 2.30 bits per heavy atom. The minimum Gasteiger partial charge on any atom is -0.456 e. The lowest BCUT2D eigenvalue weighted by molar-refractivity contribution is 0.487. The van der Waals surface area contributed by atoms with Gasteiger partial charge in [0.1, 0.15) is 22.7 Å². The number of benzene rings is 5. The van der Waals surface area contributed by atoms with Crippen molar-refractivity contribution in [1.82, 2.24) is 0 Å². The highest BCUT2D eigenvalue weighted by molar-refractivity contribution is 6.12. The van der Waals surface area contributed by atoms with Gasteiger partial charge in [-0.2, -0.15) is 0 Å². The predicted octanol–water partition coefficient (Wildman–Crippen LogP) is 8.18. The van der Waals surface area contributed by atoms with Crippen molar-refractivity contribution in [2.45, 2.75) is 0 Å². The van der Waals surface area contributed by atoms with E-state index in [1.165, 1.54) is 10.9 Å². The third kappa shape index (κ3) is 2.08. The van der Waals surface area contributed by atoms with Gasteiger partial charge >= 0.3 is 0 Å². The van der Waals surface area contributed by atoms with Crippen molar-refractivity contribution < 1.29 is 9.15 Å². The summed E-state index contributed by atoms with van der Waals surface area (Å²) in [5.41, 5.74) is 6.44. The van der Waals surface area contributed by atoms with Crippen molar-refractivity contribution in [2.24, 2.45) is 0 Å². The van der Waals surface area contributed by atoms with Gasteiger partial charge in [-0.3, -0.25) is 0 Å². The van der Waals surface area contributed by atoms with Crippen LogP contribution in [0.25, 0.3) is 55.0 Å². The normalized spacial score (nSPS) is 12.3. The molecule has 7 rings (SSSR count). The molecule has 0 fully saturated rings. The SMILES string of the molecule is c1ccc2c(c1)Oc1cccc3cc(-c4cccc5c4oc4ccccc45)cc-2c13. The lowest BCUT2D eigenvalue weighted by atomic mass is 9.90. The van der Waals surface area contributed by atoms with Crippen LogP contribution in [0.1, 0.15) is 0 Å². The fourth-order valence-electron chi connectivity index (χ4n) is 4.72. The van der Waals surface area contributed by atoms with Crippen LogP contribution in [-0.2, 0) is 0 Å². The number of ether oxygens (including phenoxy) is 1. The molecule has 1 aromatic heterocycles. The molecule has 0 N–H and O–H groups in total. The first-order valence-corrected chi connectivity index (χ1v) is 10.1. The molecule has 5 aromatic carbocycles. The highest BCUT2D eigenvalue weighted by Gasteiger charge is 2.21. The Hall–Kier alpha value is -4.04. The molecule has 0 aliphatic carbocycles. The molecule has 30 heavy (non-hydrogen) atoms. The van der Waals surface area contributed by atoms with Crippen LogP contribution in [0.15, 0.2) is 101 Å². The van der Waals surface area contributed by atoms with E-state index in [1.54, 1.807) is 0 Å². The van der Waals surface area contributed by atoms with Crippen LogP contribution in [0.3, 0.4) is 0 Å². The van der Waals surface area contributed by atoms with Crippen LogP contribution in [0, 0.1) is 0 Å². The third-order valence-corrected chi connectivity index (χ3v) is 6.05. The van der Waals surface area contributed by atoms with E-state index in [4.69, 9.17) is 9.15 Å². The molecule has 1 aliphatic rings. The summed E-state index contributed by atoms with van der Waals surface area (Å²) in [6, 6.07) is 33.6. The van der Waals surface area contributed by atoms with Gasteiger partial charge in [0.05, 0.1) is 0 Å². The minimum absolute atomic E-state index is 0.900. The molecule has 6 aromatic rings. The zero-order valence-electron chi connectivity index (χ0n) is 16.1. The number of hydrogen-bond acceptors (Lipinski definition) is 2. The van der Waals surface area contributed by atoms with Crippen molar-refractivity contribution in [3.05, 3.63) is 97.1 Å². The highest BCUT2D eigenvalue weighted by Crippen LogP contribution is 2.48. The van der Waals surface area contributed by atoms with E-state index in [0.717, 1.165) is 55.5 Å². The van der Waals surface area contributed by atoms with Crippen LogP contribution < -0.4 is 4.74 Å². The second-order valence-corrected chi connectivity index (χ2v) is 7.76. The zero-order chi connectivity index (χ0) is 19.7. The summed E-state index contributed by atoms with van der Waals surface area (Å²) >= 11 is 0. The molecular weight excluding hydrogens is 368 g/mol. The summed E-state index contributed by atoms with van der Waals surface area (Å²) in [4.78, 5) is 0. The Morgan fingerprint density at radius 1 is 0.533 bits per heavy atom. The van der Waals surface area contributed by atoms with Gasteiger partial charge in [-0.1, -0.05) is 66.7 Å². The van der Waals surface area contributed by atoms with Crippen molar-refractivity contribution in [3.63, 3.8) is 0 Å². The summed E-state index contributed by atoms with van der Waals surface area (Å²) in [6.07, 6.45) is 0. The smallest absolute Gasteiger partial charge is 0.143 e. The van der Waals surface area contributed by atoms with Gasteiger partial charge < -0.3 is 9.15 Å². The number of fused-ring (bicyclic) bond motifs is 5. The summed E-state index contributed by atoms with van der Waals surface area (Å²) in [5.74, 6) is 1.81. The summed E-state index contributed by atoms with van der Waals surface area (Å²) in [7, 11) is 0. The standard InChI is InChI=1S/C28H16O2/c1-4-13-25-20(8-1)22-11-6-10-19(28(22)30-25)18-15-17-7-5-14-26-27(17)23(16-18)21-9-2-3-12-24(21)29-26/h1-16H. The molecule has 2 heteroatoms. The molecule has 0 spiro atoms. The van der Waals surface area contributed by atoms with Crippen LogP contribution in [0.4, 0.5) is 0 Å². The van der Waals surface area contributed by atoms with Gasteiger partial charge in [-0.15, -0.1) is 0 Å². The molecule has 0 atom stereocenters. The van der Waals surface area contributed by atoms with E-state index in [-0.39, 0.29) is 0 Å². The predicted molar refractivity (Wildman–Crippen MR) is 122 cm³/mol. The zero-order valence-corrected chi connectivity index (χ0v) is 16.1. The van der Waals surface area contributed by atoms with Crippen molar-refractivity contribution in [3.8, 4) is 33.8 Å². The minimum atomic E-state index is 0.900. The summed E-state index contributed by atoms with van der Waals surface area (Å²) in [6.45, 7) is 0. The Bertz CT molecular complexity index is 1620. The lowest BCUT2D eigenvalue weighted by Gasteiger charge is -2.22. The van der Waals surface area contributed by atoms with E-state index in [1.807, 2.05) is 30.3 Å². The van der Waals surface area contributed by atoms with E-state index in [0.29, 0.717) is 0 Å². The average molecular weight is 384 g/mol. The van der Waals surface area contributed by atoms with Gasteiger partial charge in [-0.05, 0) is 46.8 Å². The monoisotopic (exact) mass is 384 g/mol. The molecule has 0 unspecified atom stereocenters.